The maximum Gasteiger partial charge on any atom is 0.272 e. The molecule has 3 amide bonds. The zero-order valence-electron chi connectivity index (χ0n) is 20.8. The summed E-state index contributed by atoms with van der Waals surface area (Å²) in [4.78, 5) is 39.2. The van der Waals surface area contributed by atoms with Gasteiger partial charge >= 0.3 is 0 Å². The average molecular weight is 522 g/mol. The lowest BCUT2D eigenvalue weighted by atomic mass is 10.1. The molecule has 4 aromatic rings. The van der Waals surface area contributed by atoms with E-state index in [1.165, 1.54) is 11.8 Å². The summed E-state index contributed by atoms with van der Waals surface area (Å²) in [6.07, 6.45) is 1.64. The second-order valence-corrected chi connectivity index (χ2v) is 9.52. The number of anilines is 2. The van der Waals surface area contributed by atoms with Gasteiger partial charge in [-0.2, -0.15) is 0 Å². The van der Waals surface area contributed by atoms with E-state index in [1.807, 2.05) is 73.7 Å². The van der Waals surface area contributed by atoms with Crippen LogP contribution in [0.1, 0.15) is 21.5 Å². The average Bonchev–Trinajstić information content (AvgIpc) is 2.94. The first-order valence-corrected chi connectivity index (χ1v) is 13.0. The predicted octanol–water partition coefficient (Wildman–Crippen LogP) is 6.14. The molecular weight excluding hydrogens is 494 g/mol. The minimum Gasteiger partial charge on any atom is -0.325 e. The second-order valence-electron chi connectivity index (χ2n) is 8.47. The number of nitrogens with one attached hydrogen (secondary N) is 3. The third-order valence-electron chi connectivity index (χ3n) is 5.44. The normalized spacial score (nSPS) is 10.9. The third kappa shape index (κ3) is 7.94. The number of rotatable bonds is 9. The fourth-order valence-corrected chi connectivity index (χ4v) is 4.26. The smallest absolute Gasteiger partial charge is 0.272 e. The van der Waals surface area contributed by atoms with Gasteiger partial charge in [0.15, 0.2) is 0 Å². The van der Waals surface area contributed by atoms with Crippen molar-refractivity contribution in [2.24, 2.45) is 0 Å². The molecule has 0 radical (unpaired) electrons. The van der Waals surface area contributed by atoms with E-state index in [2.05, 4.69) is 16.0 Å². The van der Waals surface area contributed by atoms with Crippen LogP contribution in [0.5, 0.6) is 0 Å². The Bertz CT molecular complexity index is 1440. The van der Waals surface area contributed by atoms with Crippen LogP contribution in [0.15, 0.2) is 120 Å². The van der Waals surface area contributed by atoms with E-state index in [1.54, 1.807) is 48.5 Å². The first kappa shape index (κ1) is 26.4. The lowest BCUT2D eigenvalue weighted by molar-refractivity contribution is -0.114. The topological polar surface area (TPSA) is 87.3 Å². The molecule has 0 aliphatic rings. The van der Waals surface area contributed by atoms with Crippen LogP contribution in [-0.4, -0.2) is 23.5 Å². The van der Waals surface area contributed by atoms with E-state index in [9.17, 15) is 14.4 Å². The van der Waals surface area contributed by atoms with Gasteiger partial charge in [-0.15, -0.1) is 11.8 Å². The van der Waals surface area contributed by atoms with E-state index in [0.717, 1.165) is 21.7 Å². The van der Waals surface area contributed by atoms with Crippen molar-refractivity contribution in [3.63, 3.8) is 0 Å². The van der Waals surface area contributed by atoms with Gasteiger partial charge in [0.1, 0.15) is 5.70 Å². The van der Waals surface area contributed by atoms with Crippen LogP contribution >= 0.6 is 11.8 Å². The lowest BCUT2D eigenvalue weighted by Gasteiger charge is -2.12. The number of amides is 3. The van der Waals surface area contributed by atoms with Gasteiger partial charge in [0.05, 0.1) is 5.75 Å². The number of thioether (sulfide) groups is 1. The monoisotopic (exact) mass is 521 g/mol. The zero-order valence-corrected chi connectivity index (χ0v) is 21.6. The van der Waals surface area contributed by atoms with Gasteiger partial charge in [-0.25, -0.2) is 0 Å². The van der Waals surface area contributed by atoms with Crippen molar-refractivity contribution in [2.75, 3.05) is 16.4 Å². The van der Waals surface area contributed by atoms with Crippen molar-refractivity contribution in [2.45, 2.75) is 11.8 Å². The highest BCUT2D eigenvalue weighted by atomic mass is 32.2. The number of benzene rings is 4. The van der Waals surface area contributed by atoms with Crippen LogP contribution in [0.25, 0.3) is 6.08 Å². The van der Waals surface area contributed by atoms with E-state index in [4.69, 9.17) is 0 Å². The van der Waals surface area contributed by atoms with E-state index >= 15 is 0 Å². The molecule has 3 N–H and O–H groups in total. The molecule has 6 nitrogen and oxygen atoms in total. The number of aryl methyl sites for hydroxylation is 1. The van der Waals surface area contributed by atoms with Crippen LogP contribution < -0.4 is 16.0 Å². The Morgan fingerprint density at radius 1 is 0.737 bits per heavy atom. The summed E-state index contributed by atoms with van der Waals surface area (Å²) in [6, 6.07) is 32.9. The third-order valence-corrected chi connectivity index (χ3v) is 6.43. The van der Waals surface area contributed by atoms with Gasteiger partial charge < -0.3 is 16.0 Å². The van der Waals surface area contributed by atoms with Gasteiger partial charge in [0.25, 0.3) is 11.8 Å². The van der Waals surface area contributed by atoms with Crippen molar-refractivity contribution < 1.29 is 14.4 Å². The Hall–Kier alpha value is -4.62. The Balaban J connectivity index is 1.45. The fourth-order valence-electron chi connectivity index (χ4n) is 3.50. The van der Waals surface area contributed by atoms with Crippen LogP contribution in [0.4, 0.5) is 11.4 Å². The van der Waals surface area contributed by atoms with E-state index in [-0.39, 0.29) is 23.3 Å². The molecule has 0 aromatic heterocycles. The summed E-state index contributed by atoms with van der Waals surface area (Å²) in [6.45, 7) is 1.98. The summed E-state index contributed by atoms with van der Waals surface area (Å²) in [5.74, 6) is -0.743. The Labute approximate surface area is 226 Å². The second kappa shape index (κ2) is 13.1. The van der Waals surface area contributed by atoms with Crippen LogP contribution in [0, 0.1) is 6.92 Å². The SMILES string of the molecule is Cc1ccc(/C=C(\NC(=O)c2ccccc2)C(=O)Nc2cccc(SCC(=O)Nc3ccccc3)c2)cc1. The van der Waals surface area contributed by atoms with Crippen LogP contribution in [-0.2, 0) is 9.59 Å². The summed E-state index contributed by atoms with van der Waals surface area (Å²) in [7, 11) is 0. The summed E-state index contributed by atoms with van der Waals surface area (Å²) in [5, 5.41) is 8.46. The molecule has 0 aliphatic carbocycles. The molecule has 190 valence electrons. The Kier molecular flexibility index (Phi) is 9.10. The van der Waals surface area contributed by atoms with Gasteiger partial charge in [-0.05, 0) is 61.0 Å². The quantitative estimate of drug-likeness (QED) is 0.183. The van der Waals surface area contributed by atoms with Gasteiger partial charge in [-0.1, -0.05) is 72.3 Å². The number of hydrogen-bond acceptors (Lipinski definition) is 4. The molecule has 4 aromatic carbocycles. The van der Waals surface area contributed by atoms with E-state index in [0.29, 0.717) is 11.3 Å². The van der Waals surface area contributed by atoms with Gasteiger partial charge in [-0.3, -0.25) is 14.4 Å². The molecule has 0 spiro atoms. The minimum absolute atomic E-state index is 0.114. The minimum atomic E-state index is -0.459. The number of para-hydroxylation sites is 1. The molecule has 38 heavy (non-hydrogen) atoms. The largest absolute Gasteiger partial charge is 0.325 e. The summed E-state index contributed by atoms with van der Waals surface area (Å²) < 4.78 is 0. The van der Waals surface area contributed by atoms with Crippen molar-refractivity contribution >= 4 is 46.9 Å². The van der Waals surface area contributed by atoms with Crippen LogP contribution in [0.2, 0.25) is 0 Å². The Morgan fingerprint density at radius 2 is 1.39 bits per heavy atom. The zero-order chi connectivity index (χ0) is 26.7. The van der Waals surface area contributed by atoms with Crippen molar-refractivity contribution in [1.29, 1.82) is 0 Å². The molecule has 0 atom stereocenters. The maximum absolute atomic E-state index is 13.3. The summed E-state index contributed by atoms with van der Waals surface area (Å²) >= 11 is 1.36. The van der Waals surface area contributed by atoms with Crippen molar-refractivity contribution in [3.05, 3.63) is 132 Å². The highest BCUT2D eigenvalue weighted by Crippen LogP contribution is 2.22. The first-order chi connectivity index (χ1) is 18.5. The molecule has 7 heteroatoms. The molecule has 0 saturated heterocycles. The molecule has 0 heterocycles. The van der Waals surface area contributed by atoms with E-state index < -0.39 is 5.91 Å². The Morgan fingerprint density at radius 3 is 2.11 bits per heavy atom. The van der Waals surface area contributed by atoms with Gasteiger partial charge in [0.2, 0.25) is 5.91 Å². The highest BCUT2D eigenvalue weighted by Gasteiger charge is 2.15. The predicted molar refractivity (Wildman–Crippen MR) is 154 cm³/mol. The first-order valence-electron chi connectivity index (χ1n) is 12.0. The summed E-state index contributed by atoms with van der Waals surface area (Å²) in [5.41, 5.74) is 3.72. The number of hydrogen-bond donors (Lipinski definition) is 3. The molecule has 0 bridgehead atoms. The number of carbonyl (C=O) groups excluding carboxylic acids is 3. The molecule has 0 fully saturated rings. The maximum atomic E-state index is 13.3. The molecule has 0 aliphatic heterocycles. The fraction of sp³-hybridized carbons (Fsp3) is 0.0645. The molecular formula is C31H27N3O3S. The standard InChI is InChI=1S/C31H27N3O3S/c1-22-15-17-23(18-16-22)19-28(34-30(36)24-9-4-2-5-10-24)31(37)33-26-13-8-14-27(20-26)38-21-29(35)32-25-11-6-3-7-12-25/h2-20H,21H2,1H3,(H,32,35)(H,33,37)(H,34,36)/b28-19-. The number of carbonyl (C=O) groups is 3. The van der Waals surface area contributed by atoms with Gasteiger partial charge in [0, 0.05) is 21.8 Å². The van der Waals surface area contributed by atoms with Crippen molar-refractivity contribution in [3.8, 4) is 0 Å². The van der Waals surface area contributed by atoms with Crippen LogP contribution in [0.3, 0.4) is 0 Å². The molecule has 4 rings (SSSR count). The lowest BCUT2D eigenvalue weighted by Crippen LogP contribution is -2.30. The van der Waals surface area contributed by atoms with Crippen molar-refractivity contribution in [1.82, 2.24) is 5.32 Å². The highest BCUT2D eigenvalue weighted by molar-refractivity contribution is 8.00. The molecule has 0 unspecified atom stereocenters. The molecule has 0 saturated carbocycles.